The van der Waals surface area contributed by atoms with E-state index >= 15 is 0 Å². The van der Waals surface area contributed by atoms with Crippen LogP contribution in [0.1, 0.15) is 16.1 Å². The van der Waals surface area contributed by atoms with Crippen molar-refractivity contribution in [3.8, 4) is 16.9 Å². The molecule has 2 heterocycles. The Balaban J connectivity index is 1.76. The standard InChI is InChI=1S/C22H25F3N2O7/c1-30-10-21(11-31-2)12-32-8-15(34-21)9-33-14-5-3-13(4-6-14)16-7-17(19(26)28)20(29)27-18(16)22(23,24)25/h3-7,15H,8-12H2,1-2H3,(H2,26,28)(H,27,29)/t15-/m0/s1. The number of methoxy groups -OCH3 is 2. The maximum Gasteiger partial charge on any atom is 0.431 e. The number of ether oxygens (including phenoxy) is 5. The summed E-state index contributed by atoms with van der Waals surface area (Å²) >= 11 is 0. The lowest BCUT2D eigenvalue weighted by molar-refractivity contribution is -0.236. The zero-order chi connectivity index (χ0) is 24.9. The Kier molecular flexibility index (Phi) is 7.97. The van der Waals surface area contributed by atoms with E-state index in [9.17, 15) is 22.8 Å². The van der Waals surface area contributed by atoms with Crippen LogP contribution in [0.4, 0.5) is 13.2 Å². The summed E-state index contributed by atoms with van der Waals surface area (Å²) in [6.07, 6.45) is -5.28. The molecule has 0 radical (unpaired) electrons. The van der Waals surface area contributed by atoms with Gasteiger partial charge in [0.25, 0.3) is 11.5 Å². The number of aromatic nitrogens is 1. The number of nitrogens with one attached hydrogen (secondary N) is 1. The van der Waals surface area contributed by atoms with Gasteiger partial charge in [0, 0.05) is 19.8 Å². The third kappa shape index (κ3) is 5.95. The number of pyridine rings is 1. The van der Waals surface area contributed by atoms with Crippen molar-refractivity contribution in [2.75, 3.05) is 47.3 Å². The summed E-state index contributed by atoms with van der Waals surface area (Å²) in [6.45, 7) is 1.23. The Labute approximate surface area is 192 Å². The van der Waals surface area contributed by atoms with E-state index in [-0.39, 0.29) is 37.6 Å². The van der Waals surface area contributed by atoms with Gasteiger partial charge in [0.2, 0.25) is 0 Å². The number of rotatable bonds is 9. The van der Waals surface area contributed by atoms with Gasteiger partial charge in [-0.25, -0.2) is 0 Å². The number of halogens is 3. The minimum Gasteiger partial charge on any atom is -0.491 e. The van der Waals surface area contributed by atoms with Gasteiger partial charge < -0.3 is 34.4 Å². The van der Waals surface area contributed by atoms with E-state index in [0.717, 1.165) is 6.07 Å². The number of hydrogen-bond acceptors (Lipinski definition) is 7. The minimum absolute atomic E-state index is 0.106. The fourth-order valence-corrected chi connectivity index (χ4v) is 3.68. The number of hydrogen-bond donors (Lipinski definition) is 2. The monoisotopic (exact) mass is 486 g/mol. The average molecular weight is 486 g/mol. The van der Waals surface area contributed by atoms with Gasteiger partial charge in [-0.3, -0.25) is 9.59 Å². The molecule has 0 spiro atoms. The van der Waals surface area contributed by atoms with Gasteiger partial charge in [-0.1, -0.05) is 12.1 Å². The predicted molar refractivity (Wildman–Crippen MR) is 114 cm³/mol. The lowest BCUT2D eigenvalue weighted by Crippen LogP contribution is -2.54. The first-order valence-electron chi connectivity index (χ1n) is 10.2. The van der Waals surface area contributed by atoms with Crippen molar-refractivity contribution in [3.63, 3.8) is 0 Å². The van der Waals surface area contributed by atoms with E-state index < -0.39 is 40.6 Å². The molecule has 0 aliphatic carbocycles. The number of amides is 1. The molecule has 0 bridgehead atoms. The zero-order valence-electron chi connectivity index (χ0n) is 18.6. The van der Waals surface area contributed by atoms with Gasteiger partial charge >= 0.3 is 6.18 Å². The Morgan fingerprint density at radius 1 is 1.21 bits per heavy atom. The molecule has 3 rings (SSSR count). The lowest BCUT2D eigenvalue weighted by Gasteiger charge is -2.39. The van der Waals surface area contributed by atoms with Crippen molar-refractivity contribution in [1.29, 1.82) is 0 Å². The first-order valence-corrected chi connectivity index (χ1v) is 10.2. The molecular weight excluding hydrogens is 461 g/mol. The highest BCUT2D eigenvalue weighted by Crippen LogP contribution is 2.36. The Bertz CT molecular complexity index is 1040. The van der Waals surface area contributed by atoms with Crippen LogP contribution >= 0.6 is 0 Å². The summed E-state index contributed by atoms with van der Waals surface area (Å²) < 4.78 is 68.2. The van der Waals surface area contributed by atoms with Crippen LogP contribution in [0.2, 0.25) is 0 Å². The lowest BCUT2D eigenvalue weighted by atomic mass is 10.0. The molecule has 0 saturated carbocycles. The second-order valence-electron chi connectivity index (χ2n) is 7.80. The zero-order valence-corrected chi connectivity index (χ0v) is 18.6. The number of alkyl halides is 3. The first kappa shape index (κ1) is 25.7. The van der Waals surface area contributed by atoms with E-state index in [0.29, 0.717) is 12.4 Å². The van der Waals surface area contributed by atoms with Gasteiger partial charge in [-0.05, 0) is 23.8 Å². The van der Waals surface area contributed by atoms with Crippen molar-refractivity contribution in [2.24, 2.45) is 5.73 Å². The highest BCUT2D eigenvalue weighted by molar-refractivity contribution is 5.94. The molecule has 1 aromatic heterocycles. The number of carbonyl (C=O) groups excluding carboxylic acids is 1. The molecule has 1 atom stereocenters. The van der Waals surface area contributed by atoms with Crippen LogP contribution < -0.4 is 16.0 Å². The molecule has 12 heteroatoms. The quantitative estimate of drug-likeness (QED) is 0.556. The number of benzene rings is 1. The second kappa shape index (κ2) is 10.6. The number of H-pyrrole nitrogens is 1. The summed E-state index contributed by atoms with van der Waals surface area (Å²) in [5, 5.41) is 0. The van der Waals surface area contributed by atoms with Gasteiger partial charge in [0.1, 0.15) is 35.3 Å². The molecule has 3 N–H and O–H groups in total. The SMILES string of the molecule is COCC1(COC)COC[C@@H](COc2ccc(-c3cc(C(N)=O)c(=O)[nH]c3C(F)(F)F)cc2)O1. The molecular formula is C22H25F3N2O7. The predicted octanol–water partition coefficient (Wildman–Crippen LogP) is 1.99. The van der Waals surface area contributed by atoms with Gasteiger partial charge in [0.15, 0.2) is 0 Å². The Morgan fingerprint density at radius 3 is 2.41 bits per heavy atom. The van der Waals surface area contributed by atoms with Crippen molar-refractivity contribution in [3.05, 3.63) is 51.9 Å². The van der Waals surface area contributed by atoms with Gasteiger partial charge in [0.05, 0.1) is 26.4 Å². The Hall–Kier alpha value is -2.93. The van der Waals surface area contributed by atoms with Gasteiger partial charge in [-0.2, -0.15) is 13.2 Å². The molecule has 9 nitrogen and oxygen atoms in total. The maximum absolute atomic E-state index is 13.5. The number of nitrogens with two attached hydrogens (primary N) is 1. The third-order valence-corrected chi connectivity index (χ3v) is 5.09. The molecule has 0 unspecified atom stereocenters. The van der Waals surface area contributed by atoms with E-state index in [2.05, 4.69) is 0 Å². The summed E-state index contributed by atoms with van der Waals surface area (Å²) in [5.41, 5.74) is 0.996. The van der Waals surface area contributed by atoms with E-state index in [1.165, 1.54) is 24.3 Å². The smallest absolute Gasteiger partial charge is 0.431 e. The highest BCUT2D eigenvalue weighted by atomic mass is 19.4. The van der Waals surface area contributed by atoms with Crippen LogP contribution in [0.3, 0.4) is 0 Å². The highest BCUT2D eigenvalue weighted by Gasteiger charge is 2.39. The van der Waals surface area contributed by atoms with Crippen LogP contribution in [-0.2, 0) is 25.1 Å². The number of primary amides is 1. The summed E-state index contributed by atoms with van der Waals surface area (Å²) in [6, 6.07) is 6.51. The van der Waals surface area contributed by atoms with Gasteiger partial charge in [-0.15, -0.1) is 0 Å². The van der Waals surface area contributed by atoms with Crippen molar-refractivity contribution < 1.29 is 41.7 Å². The minimum atomic E-state index is -4.85. The summed E-state index contributed by atoms with van der Waals surface area (Å²) in [4.78, 5) is 25.0. The summed E-state index contributed by atoms with van der Waals surface area (Å²) in [5.74, 6) is -0.765. The molecule has 1 amide bonds. The van der Waals surface area contributed by atoms with Crippen molar-refractivity contribution in [1.82, 2.24) is 4.98 Å². The maximum atomic E-state index is 13.5. The van der Waals surface area contributed by atoms with Crippen molar-refractivity contribution in [2.45, 2.75) is 17.9 Å². The molecule has 1 saturated heterocycles. The van der Waals surface area contributed by atoms with Crippen LogP contribution in [0, 0.1) is 0 Å². The molecule has 1 aliphatic heterocycles. The Morgan fingerprint density at radius 2 is 1.85 bits per heavy atom. The van der Waals surface area contributed by atoms with E-state index in [4.69, 9.17) is 29.4 Å². The largest absolute Gasteiger partial charge is 0.491 e. The topological polar surface area (TPSA) is 122 Å². The molecule has 1 fully saturated rings. The van der Waals surface area contributed by atoms with Crippen LogP contribution in [0.25, 0.3) is 11.1 Å². The normalized spacial score (nSPS) is 18.0. The molecule has 1 aromatic carbocycles. The third-order valence-electron chi connectivity index (χ3n) is 5.09. The second-order valence-corrected chi connectivity index (χ2v) is 7.80. The molecule has 186 valence electrons. The summed E-state index contributed by atoms with van der Waals surface area (Å²) in [7, 11) is 3.09. The van der Waals surface area contributed by atoms with Crippen molar-refractivity contribution >= 4 is 5.91 Å². The number of aromatic amines is 1. The van der Waals surface area contributed by atoms with E-state index in [1.54, 1.807) is 19.2 Å². The molecule has 34 heavy (non-hydrogen) atoms. The fourth-order valence-electron chi connectivity index (χ4n) is 3.68. The molecule has 1 aliphatic rings. The first-order chi connectivity index (χ1) is 16.1. The van der Waals surface area contributed by atoms with Crippen LogP contribution in [0.5, 0.6) is 5.75 Å². The van der Waals surface area contributed by atoms with E-state index in [1.807, 2.05) is 0 Å². The fraction of sp³-hybridized carbons (Fsp3) is 0.455. The van der Waals surface area contributed by atoms with Crippen LogP contribution in [0.15, 0.2) is 35.1 Å². The average Bonchev–Trinajstić information content (AvgIpc) is 2.78. The van der Waals surface area contributed by atoms with Crippen LogP contribution in [-0.4, -0.2) is 69.9 Å². The molecule has 2 aromatic rings. The number of carbonyl (C=O) groups is 1.